The molecule has 2 unspecified atom stereocenters. The molecule has 100 valence electrons. The van der Waals surface area contributed by atoms with Crippen LogP contribution in [0.5, 0.6) is 0 Å². The summed E-state index contributed by atoms with van der Waals surface area (Å²) >= 11 is 5.41. The molecule has 0 spiro atoms. The van der Waals surface area contributed by atoms with E-state index in [0.717, 1.165) is 4.47 Å². The number of hydrogen-bond acceptors (Lipinski definition) is 2. The first kappa shape index (κ1) is 14.6. The van der Waals surface area contributed by atoms with Crippen LogP contribution in [0, 0.1) is 6.92 Å². The second kappa shape index (κ2) is 6.60. The third-order valence-electron chi connectivity index (χ3n) is 2.94. The van der Waals surface area contributed by atoms with E-state index in [0.29, 0.717) is 0 Å². The summed E-state index contributed by atoms with van der Waals surface area (Å²) in [4.78, 5) is 1.23. The van der Waals surface area contributed by atoms with E-state index in [-0.39, 0.29) is 11.3 Å². The van der Waals surface area contributed by atoms with Crippen LogP contribution in [-0.2, 0) is 0 Å². The highest BCUT2D eigenvalue weighted by molar-refractivity contribution is 9.10. The molecule has 19 heavy (non-hydrogen) atoms. The van der Waals surface area contributed by atoms with Gasteiger partial charge in [0.05, 0.1) is 0 Å². The molecule has 0 aliphatic carbocycles. The monoisotopic (exact) mass is 335 g/mol. The fourth-order valence-corrected chi connectivity index (χ4v) is 3.68. The Morgan fingerprint density at radius 1 is 1.11 bits per heavy atom. The van der Waals surface area contributed by atoms with Crippen molar-refractivity contribution >= 4 is 27.7 Å². The zero-order valence-electron chi connectivity index (χ0n) is 11.1. The summed E-state index contributed by atoms with van der Waals surface area (Å²) in [5.74, 6) is 0. The van der Waals surface area contributed by atoms with E-state index < -0.39 is 0 Å². The van der Waals surface area contributed by atoms with E-state index in [1.807, 2.05) is 17.8 Å². The van der Waals surface area contributed by atoms with Gasteiger partial charge in [-0.1, -0.05) is 42.0 Å². The van der Waals surface area contributed by atoms with Crippen LogP contribution >= 0.6 is 27.7 Å². The Kier molecular flexibility index (Phi) is 5.08. The number of rotatable bonds is 4. The fraction of sp³-hybridized carbons (Fsp3) is 0.250. The molecule has 2 rings (SSSR count). The summed E-state index contributed by atoms with van der Waals surface area (Å²) < 4.78 is 1.12. The smallest absolute Gasteiger partial charge is 0.0493 e. The maximum absolute atomic E-state index is 6.18. The lowest BCUT2D eigenvalue weighted by atomic mass is 10.0. The zero-order chi connectivity index (χ0) is 13.8. The van der Waals surface area contributed by atoms with Crippen molar-refractivity contribution < 1.29 is 0 Å². The Morgan fingerprint density at radius 2 is 1.84 bits per heavy atom. The van der Waals surface area contributed by atoms with Gasteiger partial charge in [-0.25, -0.2) is 0 Å². The lowest BCUT2D eigenvalue weighted by molar-refractivity contribution is 0.721. The van der Waals surface area contributed by atoms with Crippen LogP contribution in [0.3, 0.4) is 0 Å². The molecule has 3 heteroatoms. The van der Waals surface area contributed by atoms with Crippen molar-refractivity contribution in [3.63, 3.8) is 0 Å². The summed E-state index contributed by atoms with van der Waals surface area (Å²) in [7, 11) is 0. The molecular formula is C16H18BrNS. The van der Waals surface area contributed by atoms with Crippen LogP contribution in [0.25, 0.3) is 0 Å². The van der Waals surface area contributed by atoms with E-state index in [9.17, 15) is 0 Å². The maximum atomic E-state index is 6.18. The lowest BCUT2D eigenvalue weighted by Crippen LogP contribution is -2.22. The molecule has 0 bridgehead atoms. The summed E-state index contributed by atoms with van der Waals surface area (Å²) in [6.45, 7) is 4.18. The van der Waals surface area contributed by atoms with E-state index >= 15 is 0 Å². The summed E-state index contributed by atoms with van der Waals surface area (Å²) in [5.41, 5.74) is 8.74. The number of thioether (sulfide) groups is 1. The highest BCUT2D eigenvalue weighted by Crippen LogP contribution is 2.40. The van der Waals surface area contributed by atoms with Crippen molar-refractivity contribution in [3.05, 3.63) is 64.1 Å². The molecule has 1 nitrogen and oxygen atoms in total. The second-order valence-corrected chi connectivity index (χ2v) is 6.78. The van der Waals surface area contributed by atoms with Gasteiger partial charge in [-0.3, -0.25) is 0 Å². The SMILES string of the molecule is Cc1cccc(C(Sc2ccccc2Br)C(C)N)c1. The molecule has 2 N–H and O–H groups in total. The zero-order valence-corrected chi connectivity index (χ0v) is 13.5. The predicted octanol–water partition coefficient (Wildman–Crippen LogP) is 4.94. The Bertz CT molecular complexity index is 554. The molecular weight excluding hydrogens is 318 g/mol. The van der Waals surface area contributed by atoms with Crippen LogP contribution in [-0.4, -0.2) is 6.04 Å². The third kappa shape index (κ3) is 3.85. The third-order valence-corrected chi connectivity index (χ3v) is 5.46. The number of halogens is 1. The quantitative estimate of drug-likeness (QED) is 0.801. The van der Waals surface area contributed by atoms with E-state index in [1.165, 1.54) is 16.0 Å². The molecule has 0 heterocycles. The van der Waals surface area contributed by atoms with Crippen molar-refractivity contribution in [1.82, 2.24) is 0 Å². The number of hydrogen-bond donors (Lipinski definition) is 1. The highest BCUT2D eigenvalue weighted by atomic mass is 79.9. The molecule has 0 aliphatic rings. The Labute approximate surface area is 127 Å². The molecule has 0 radical (unpaired) electrons. The van der Waals surface area contributed by atoms with E-state index in [4.69, 9.17) is 5.73 Å². The van der Waals surface area contributed by atoms with Gasteiger partial charge >= 0.3 is 0 Å². The minimum atomic E-state index is 0.0962. The first-order valence-corrected chi connectivity index (χ1v) is 7.98. The lowest BCUT2D eigenvalue weighted by Gasteiger charge is -2.21. The normalized spacial score (nSPS) is 14.1. The van der Waals surface area contributed by atoms with Crippen molar-refractivity contribution in [1.29, 1.82) is 0 Å². The van der Waals surface area contributed by atoms with Gasteiger partial charge in [0.1, 0.15) is 0 Å². The summed E-state index contributed by atoms with van der Waals surface area (Å²) in [6.07, 6.45) is 0. The number of aryl methyl sites for hydroxylation is 1. The summed E-state index contributed by atoms with van der Waals surface area (Å²) in [5, 5.41) is 0.263. The number of nitrogens with two attached hydrogens (primary N) is 1. The predicted molar refractivity (Wildman–Crippen MR) is 87.6 cm³/mol. The first-order chi connectivity index (χ1) is 9.08. The number of benzene rings is 2. The van der Waals surface area contributed by atoms with Crippen molar-refractivity contribution in [2.45, 2.75) is 30.0 Å². The van der Waals surface area contributed by atoms with Gasteiger partial charge in [0.2, 0.25) is 0 Å². The first-order valence-electron chi connectivity index (χ1n) is 6.31. The minimum absolute atomic E-state index is 0.0962. The van der Waals surface area contributed by atoms with E-state index in [1.54, 1.807) is 0 Å². The van der Waals surface area contributed by atoms with Crippen LogP contribution in [0.4, 0.5) is 0 Å². The second-order valence-electron chi connectivity index (χ2n) is 4.74. The molecule has 2 atom stereocenters. The van der Waals surface area contributed by atoms with Gasteiger partial charge < -0.3 is 5.73 Å². The molecule has 0 amide bonds. The Balaban J connectivity index is 2.29. The van der Waals surface area contributed by atoms with Gasteiger partial charge in [0.15, 0.2) is 0 Å². The van der Waals surface area contributed by atoms with Crippen LogP contribution in [0.15, 0.2) is 57.9 Å². The van der Waals surface area contributed by atoms with Crippen molar-refractivity contribution in [2.75, 3.05) is 0 Å². The molecule has 0 saturated carbocycles. The summed E-state index contributed by atoms with van der Waals surface area (Å²) in [6, 6.07) is 17.0. The highest BCUT2D eigenvalue weighted by Gasteiger charge is 2.18. The fourth-order valence-electron chi connectivity index (χ4n) is 2.00. The van der Waals surface area contributed by atoms with Gasteiger partial charge in [-0.2, -0.15) is 0 Å². The Morgan fingerprint density at radius 3 is 2.47 bits per heavy atom. The molecule has 2 aromatic carbocycles. The van der Waals surface area contributed by atoms with Crippen LogP contribution in [0.2, 0.25) is 0 Å². The van der Waals surface area contributed by atoms with Crippen molar-refractivity contribution in [3.8, 4) is 0 Å². The average molecular weight is 336 g/mol. The van der Waals surface area contributed by atoms with Gasteiger partial charge in [0.25, 0.3) is 0 Å². The molecule has 0 aliphatic heterocycles. The Hall–Kier alpha value is -0.770. The van der Waals surface area contributed by atoms with Crippen LogP contribution in [0.1, 0.15) is 23.3 Å². The average Bonchev–Trinajstić information content (AvgIpc) is 2.37. The standard InChI is InChI=1S/C16H18BrNS/c1-11-6-5-7-13(10-11)16(12(2)18)19-15-9-4-3-8-14(15)17/h3-10,12,16H,18H2,1-2H3. The maximum Gasteiger partial charge on any atom is 0.0493 e. The van der Waals surface area contributed by atoms with Gasteiger partial charge in [0, 0.05) is 20.7 Å². The van der Waals surface area contributed by atoms with E-state index in [2.05, 4.69) is 72.2 Å². The van der Waals surface area contributed by atoms with Crippen molar-refractivity contribution in [2.24, 2.45) is 5.73 Å². The molecule has 0 fully saturated rings. The largest absolute Gasteiger partial charge is 0.327 e. The van der Waals surface area contributed by atoms with Gasteiger partial charge in [-0.05, 0) is 47.5 Å². The molecule has 0 aromatic heterocycles. The molecule has 2 aromatic rings. The minimum Gasteiger partial charge on any atom is -0.327 e. The molecule has 0 saturated heterocycles. The van der Waals surface area contributed by atoms with Gasteiger partial charge in [-0.15, -0.1) is 11.8 Å². The topological polar surface area (TPSA) is 26.0 Å². The van der Waals surface area contributed by atoms with Crippen LogP contribution < -0.4 is 5.73 Å².